The van der Waals surface area contributed by atoms with Crippen LogP contribution < -0.4 is 10.9 Å². The summed E-state index contributed by atoms with van der Waals surface area (Å²) < 4.78 is 2.36. The lowest BCUT2D eigenvalue weighted by Gasteiger charge is -2.10. The zero-order valence-corrected chi connectivity index (χ0v) is 20.6. The van der Waals surface area contributed by atoms with Crippen molar-refractivity contribution in [2.75, 3.05) is 5.32 Å². The highest BCUT2D eigenvalue weighted by molar-refractivity contribution is 9.10. The largest absolute Gasteiger partial charge is 0.325 e. The van der Waals surface area contributed by atoms with Crippen LogP contribution in [0.25, 0.3) is 21.3 Å². The highest BCUT2D eigenvalue weighted by Crippen LogP contribution is 2.36. The zero-order valence-electron chi connectivity index (χ0n) is 18.2. The molecule has 2 aromatic carbocycles. The van der Waals surface area contributed by atoms with Crippen LogP contribution in [0.2, 0.25) is 0 Å². The van der Waals surface area contributed by atoms with Gasteiger partial charge in [-0.05, 0) is 47.7 Å². The Labute approximate surface area is 199 Å². The topological polar surface area (TPSA) is 64.0 Å². The second kappa shape index (κ2) is 9.38. The Bertz CT molecular complexity index is 1320. The molecule has 0 unspecified atom stereocenters. The number of carbonyl (C=O) groups excluding carboxylic acids is 1. The van der Waals surface area contributed by atoms with Gasteiger partial charge in [0.1, 0.15) is 11.4 Å². The molecule has 2 aromatic heterocycles. The van der Waals surface area contributed by atoms with Crippen molar-refractivity contribution < 1.29 is 4.79 Å². The molecule has 0 aliphatic carbocycles. The summed E-state index contributed by atoms with van der Waals surface area (Å²) in [6.45, 7) is 6.23. The summed E-state index contributed by atoms with van der Waals surface area (Å²) in [6, 6.07) is 15.7. The third-order valence-electron chi connectivity index (χ3n) is 5.38. The predicted octanol–water partition coefficient (Wildman–Crippen LogP) is 6.21. The Morgan fingerprint density at radius 2 is 1.81 bits per heavy atom. The molecule has 0 aliphatic rings. The zero-order chi connectivity index (χ0) is 22.8. The van der Waals surface area contributed by atoms with Gasteiger partial charge < -0.3 is 5.32 Å². The number of hydrogen-bond donors (Lipinski definition) is 1. The Morgan fingerprint density at radius 1 is 1.12 bits per heavy atom. The van der Waals surface area contributed by atoms with Crippen LogP contribution >= 0.6 is 27.3 Å². The number of rotatable bonds is 6. The molecule has 1 amide bonds. The molecular weight excluding hydrogens is 486 g/mol. The predicted molar refractivity (Wildman–Crippen MR) is 136 cm³/mol. The molecule has 0 spiro atoms. The molecule has 164 valence electrons. The van der Waals surface area contributed by atoms with Gasteiger partial charge in [-0.2, -0.15) is 0 Å². The van der Waals surface area contributed by atoms with E-state index in [4.69, 9.17) is 0 Å². The number of aryl methyl sites for hydroxylation is 1. The molecule has 4 rings (SSSR count). The summed E-state index contributed by atoms with van der Waals surface area (Å²) in [5, 5.41) is 3.45. The maximum Gasteiger partial charge on any atom is 0.263 e. The van der Waals surface area contributed by atoms with E-state index in [-0.39, 0.29) is 18.0 Å². The molecule has 4 aromatic rings. The van der Waals surface area contributed by atoms with Crippen molar-refractivity contribution in [3.05, 3.63) is 80.1 Å². The molecular formula is C25H24BrN3O2S. The van der Waals surface area contributed by atoms with Gasteiger partial charge in [0.15, 0.2) is 0 Å². The average molecular weight is 510 g/mol. The lowest BCUT2D eigenvalue weighted by Crippen LogP contribution is -2.27. The molecule has 0 bridgehead atoms. The van der Waals surface area contributed by atoms with Gasteiger partial charge in [0.2, 0.25) is 5.91 Å². The van der Waals surface area contributed by atoms with Crippen LogP contribution in [0.5, 0.6) is 0 Å². The molecule has 32 heavy (non-hydrogen) atoms. The smallest absolute Gasteiger partial charge is 0.263 e. The fraction of sp³-hybridized carbons (Fsp3) is 0.240. The van der Waals surface area contributed by atoms with Crippen LogP contribution in [0.3, 0.4) is 0 Å². The summed E-state index contributed by atoms with van der Waals surface area (Å²) in [4.78, 5) is 32.3. The first-order valence-corrected chi connectivity index (χ1v) is 12.1. The quantitative estimate of drug-likeness (QED) is 0.335. The number of amides is 1. The summed E-state index contributed by atoms with van der Waals surface area (Å²) >= 11 is 5.00. The van der Waals surface area contributed by atoms with Crippen LogP contribution in [0.4, 0.5) is 5.69 Å². The fourth-order valence-corrected chi connectivity index (χ4v) is 5.02. The lowest BCUT2D eigenvalue weighted by molar-refractivity contribution is -0.116. The molecule has 2 heterocycles. The SMILES string of the molecule is CCc1sc2ncn(CC(=O)Nc3ccc(C(C)C)cc3)c(=O)c2c1-c1ccc(Br)cc1. The van der Waals surface area contributed by atoms with E-state index in [2.05, 4.69) is 47.0 Å². The van der Waals surface area contributed by atoms with Crippen LogP contribution in [0.15, 0.2) is 64.1 Å². The van der Waals surface area contributed by atoms with Crippen molar-refractivity contribution in [3.63, 3.8) is 0 Å². The third-order valence-corrected chi connectivity index (χ3v) is 7.15. The summed E-state index contributed by atoms with van der Waals surface area (Å²) in [5.74, 6) is 0.163. The van der Waals surface area contributed by atoms with Gasteiger partial charge in [-0.3, -0.25) is 14.2 Å². The van der Waals surface area contributed by atoms with E-state index in [9.17, 15) is 9.59 Å². The molecule has 0 radical (unpaired) electrons. The second-order valence-corrected chi connectivity index (χ2v) is 9.94. The third kappa shape index (κ3) is 4.54. The van der Waals surface area contributed by atoms with E-state index in [0.29, 0.717) is 21.8 Å². The number of aromatic nitrogens is 2. The second-order valence-electron chi connectivity index (χ2n) is 7.94. The van der Waals surface area contributed by atoms with E-state index >= 15 is 0 Å². The van der Waals surface area contributed by atoms with Gasteiger partial charge in [0.05, 0.1) is 11.7 Å². The summed E-state index contributed by atoms with van der Waals surface area (Å²) in [5.41, 5.74) is 3.60. The first-order chi connectivity index (χ1) is 15.4. The van der Waals surface area contributed by atoms with Gasteiger partial charge in [0, 0.05) is 20.6 Å². The summed E-state index contributed by atoms with van der Waals surface area (Å²) in [7, 11) is 0. The number of benzene rings is 2. The first-order valence-electron chi connectivity index (χ1n) is 10.5. The number of halogens is 1. The van der Waals surface area contributed by atoms with E-state index < -0.39 is 0 Å². The first kappa shape index (κ1) is 22.4. The lowest BCUT2D eigenvalue weighted by atomic mass is 10.0. The van der Waals surface area contributed by atoms with Crippen molar-refractivity contribution in [2.24, 2.45) is 0 Å². The minimum absolute atomic E-state index is 0.0925. The molecule has 7 heteroatoms. The van der Waals surface area contributed by atoms with E-state index in [1.54, 1.807) is 0 Å². The molecule has 0 saturated carbocycles. The standard InChI is InChI=1S/C25H24BrN3O2S/c1-4-20-22(17-5-9-18(26)10-6-17)23-24(32-20)27-14-29(25(23)31)13-21(30)28-19-11-7-16(8-12-19)15(2)3/h5-12,14-15H,4,13H2,1-3H3,(H,28,30). The summed E-state index contributed by atoms with van der Waals surface area (Å²) in [6.07, 6.45) is 2.27. The Morgan fingerprint density at radius 3 is 2.44 bits per heavy atom. The van der Waals surface area contributed by atoms with Gasteiger partial charge >= 0.3 is 0 Å². The van der Waals surface area contributed by atoms with Crippen LogP contribution in [0, 0.1) is 0 Å². The van der Waals surface area contributed by atoms with Gasteiger partial charge in [0.25, 0.3) is 5.56 Å². The van der Waals surface area contributed by atoms with Crippen molar-refractivity contribution in [1.29, 1.82) is 0 Å². The Balaban J connectivity index is 1.66. The van der Waals surface area contributed by atoms with Crippen molar-refractivity contribution >= 4 is 49.1 Å². The maximum absolute atomic E-state index is 13.4. The van der Waals surface area contributed by atoms with Gasteiger partial charge in [-0.25, -0.2) is 4.98 Å². The number of thiophene rings is 1. The molecule has 0 atom stereocenters. The maximum atomic E-state index is 13.4. The van der Waals surface area contributed by atoms with E-state index in [1.807, 2.05) is 48.5 Å². The molecule has 0 fully saturated rings. The number of fused-ring (bicyclic) bond motifs is 1. The monoisotopic (exact) mass is 509 g/mol. The van der Waals surface area contributed by atoms with Crippen molar-refractivity contribution in [3.8, 4) is 11.1 Å². The fourth-order valence-electron chi connectivity index (χ4n) is 3.66. The highest BCUT2D eigenvalue weighted by Gasteiger charge is 2.19. The molecule has 0 aliphatic heterocycles. The number of nitrogens with one attached hydrogen (secondary N) is 1. The van der Waals surface area contributed by atoms with E-state index in [0.717, 1.165) is 26.9 Å². The minimum atomic E-state index is -0.262. The Hall–Kier alpha value is -2.77. The molecule has 0 saturated heterocycles. The number of hydrogen-bond acceptors (Lipinski definition) is 4. The van der Waals surface area contributed by atoms with Crippen molar-refractivity contribution in [2.45, 2.75) is 39.7 Å². The van der Waals surface area contributed by atoms with E-state index in [1.165, 1.54) is 27.8 Å². The number of carbonyl (C=O) groups is 1. The van der Waals surface area contributed by atoms with Crippen molar-refractivity contribution in [1.82, 2.24) is 9.55 Å². The molecule has 1 N–H and O–H groups in total. The highest BCUT2D eigenvalue weighted by atomic mass is 79.9. The van der Waals surface area contributed by atoms with Gasteiger partial charge in [-0.15, -0.1) is 11.3 Å². The average Bonchev–Trinajstić information content (AvgIpc) is 3.16. The van der Waals surface area contributed by atoms with Crippen LogP contribution in [-0.4, -0.2) is 15.5 Å². The minimum Gasteiger partial charge on any atom is -0.325 e. The van der Waals surface area contributed by atoms with Crippen LogP contribution in [-0.2, 0) is 17.8 Å². The Kier molecular flexibility index (Phi) is 6.58. The number of anilines is 1. The van der Waals surface area contributed by atoms with Crippen LogP contribution in [0.1, 0.15) is 37.1 Å². The normalized spacial score (nSPS) is 11.3. The number of nitrogens with zero attached hydrogens (tertiary/aromatic N) is 2. The van der Waals surface area contributed by atoms with Gasteiger partial charge in [-0.1, -0.05) is 61.0 Å². The molecule has 5 nitrogen and oxygen atoms in total.